The molecule has 0 bridgehead atoms. The summed E-state index contributed by atoms with van der Waals surface area (Å²) in [7, 11) is 0. The molecule has 0 spiro atoms. The zero-order valence-corrected chi connectivity index (χ0v) is 14.8. The maximum absolute atomic E-state index is 12.7. The van der Waals surface area contributed by atoms with Gasteiger partial charge in [0.05, 0.1) is 6.04 Å². The van der Waals surface area contributed by atoms with Crippen LogP contribution in [0.1, 0.15) is 75.7 Å². The minimum absolute atomic E-state index is 0.0430. The van der Waals surface area contributed by atoms with E-state index in [1.54, 1.807) is 0 Å². The van der Waals surface area contributed by atoms with Gasteiger partial charge in [-0.3, -0.25) is 4.79 Å². The van der Waals surface area contributed by atoms with Gasteiger partial charge in [-0.25, -0.2) is 0 Å². The summed E-state index contributed by atoms with van der Waals surface area (Å²) in [6, 6.07) is -0.0719. The van der Waals surface area contributed by atoms with E-state index in [0.717, 1.165) is 6.42 Å². The van der Waals surface area contributed by atoms with Gasteiger partial charge in [-0.15, -0.1) is 0 Å². The van der Waals surface area contributed by atoms with Gasteiger partial charge in [-0.2, -0.15) is 0 Å². The Morgan fingerprint density at radius 3 is 1.63 bits per heavy atom. The molecular weight excluding hydrogens is 234 g/mol. The minimum atomic E-state index is -0.296. The van der Waals surface area contributed by atoms with E-state index in [0.29, 0.717) is 11.7 Å². The van der Waals surface area contributed by atoms with Gasteiger partial charge in [-0.05, 0) is 38.5 Å². The number of Topliss-reactive ketones (excluding diaryl/α,β-unsaturated/α-hetero) is 1. The Balaban J connectivity index is 5.15. The van der Waals surface area contributed by atoms with E-state index in [1.807, 2.05) is 20.8 Å². The number of carbonyl (C=O) groups is 1. The average Bonchev–Trinajstić information content (AvgIpc) is 2.11. The molecule has 0 saturated heterocycles. The van der Waals surface area contributed by atoms with Crippen LogP contribution < -0.4 is 5.32 Å². The summed E-state index contributed by atoms with van der Waals surface area (Å²) in [6.07, 6.45) is 0.887. The molecule has 1 N–H and O–H groups in total. The van der Waals surface area contributed by atoms with Crippen LogP contribution in [0.5, 0.6) is 0 Å². The quantitative estimate of drug-likeness (QED) is 0.800. The fourth-order valence-electron chi connectivity index (χ4n) is 2.02. The van der Waals surface area contributed by atoms with Crippen molar-refractivity contribution in [1.29, 1.82) is 0 Å². The fourth-order valence-corrected chi connectivity index (χ4v) is 2.02. The molecule has 0 aromatic heterocycles. The van der Waals surface area contributed by atoms with Gasteiger partial charge >= 0.3 is 0 Å². The molecule has 0 aliphatic carbocycles. The molecule has 0 rings (SSSR count). The Hall–Kier alpha value is -0.370. The first-order chi connectivity index (χ1) is 8.17. The van der Waals surface area contributed by atoms with Gasteiger partial charge in [0.25, 0.3) is 0 Å². The van der Waals surface area contributed by atoms with Crippen molar-refractivity contribution in [2.75, 3.05) is 0 Å². The second kappa shape index (κ2) is 5.95. The van der Waals surface area contributed by atoms with Crippen molar-refractivity contribution >= 4 is 5.78 Å². The van der Waals surface area contributed by atoms with Gasteiger partial charge in [0.15, 0.2) is 5.78 Å². The molecule has 0 aromatic rings. The summed E-state index contributed by atoms with van der Waals surface area (Å²) in [5, 5.41) is 3.52. The molecule has 0 aliphatic rings. The molecule has 0 saturated carbocycles. The summed E-state index contributed by atoms with van der Waals surface area (Å²) >= 11 is 0. The highest BCUT2D eigenvalue weighted by Crippen LogP contribution is 2.34. The summed E-state index contributed by atoms with van der Waals surface area (Å²) in [5.41, 5.74) is -0.182. The van der Waals surface area contributed by atoms with E-state index in [9.17, 15) is 4.79 Å². The first-order valence-corrected chi connectivity index (χ1v) is 7.49. The van der Waals surface area contributed by atoms with E-state index in [1.165, 1.54) is 0 Å². The van der Waals surface area contributed by atoms with Gasteiger partial charge in [0.1, 0.15) is 0 Å². The van der Waals surface area contributed by atoms with Crippen LogP contribution in [-0.4, -0.2) is 17.4 Å². The topological polar surface area (TPSA) is 29.1 Å². The van der Waals surface area contributed by atoms with Gasteiger partial charge in [0, 0.05) is 11.0 Å². The second-order valence-corrected chi connectivity index (χ2v) is 8.91. The van der Waals surface area contributed by atoms with Crippen molar-refractivity contribution in [2.45, 2.75) is 87.2 Å². The van der Waals surface area contributed by atoms with Crippen LogP contribution >= 0.6 is 0 Å². The SMILES string of the molecule is CC(C)C(C)(C)CC(NC(C)(C)C)C(=O)C(C)(C)C. The van der Waals surface area contributed by atoms with Crippen LogP contribution in [0.15, 0.2) is 0 Å². The minimum Gasteiger partial charge on any atom is -0.303 e. The zero-order valence-electron chi connectivity index (χ0n) is 14.8. The van der Waals surface area contributed by atoms with Crippen molar-refractivity contribution in [1.82, 2.24) is 5.32 Å². The summed E-state index contributed by atoms with van der Waals surface area (Å²) in [6.45, 7) is 21.4. The summed E-state index contributed by atoms with van der Waals surface area (Å²) < 4.78 is 0. The fraction of sp³-hybridized carbons (Fsp3) is 0.941. The Morgan fingerprint density at radius 1 is 0.947 bits per heavy atom. The van der Waals surface area contributed by atoms with Crippen molar-refractivity contribution in [3.8, 4) is 0 Å². The molecule has 114 valence electrons. The molecule has 0 heterocycles. The maximum Gasteiger partial charge on any atom is 0.155 e. The predicted molar refractivity (Wildman–Crippen MR) is 84.4 cm³/mol. The smallest absolute Gasteiger partial charge is 0.155 e. The standard InChI is InChI=1S/C17H35NO/c1-12(2)17(9,10)11-13(18-16(6,7)8)14(19)15(3,4)5/h12-13,18H,11H2,1-10H3. The lowest BCUT2D eigenvalue weighted by molar-refractivity contribution is -0.130. The van der Waals surface area contributed by atoms with Crippen LogP contribution in [0, 0.1) is 16.7 Å². The average molecular weight is 269 g/mol. The normalized spacial score (nSPS) is 15.7. The summed E-state index contributed by atoms with van der Waals surface area (Å²) in [5.74, 6) is 0.876. The van der Waals surface area contributed by atoms with E-state index in [-0.39, 0.29) is 22.4 Å². The van der Waals surface area contributed by atoms with Crippen LogP contribution in [0.25, 0.3) is 0 Å². The van der Waals surface area contributed by atoms with Gasteiger partial charge in [-0.1, -0.05) is 48.5 Å². The first-order valence-electron chi connectivity index (χ1n) is 7.49. The highest BCUT2D eigenvalue weighted by Gasteiger charge is 2.36. The number of rotatable bonds is 5. The Labute approximate surface area is 120 Å². The van der Waals surface area contributed by atoms with Crippen LogP contribution in [0.4, 0.5) is 0 Å². The van der Waals surface area contributed by atoms with Crippen molar-refractivity contribution in [3.05, 3.63) is 0 Å². The van der Waals surface area contributed by atoms with Gasteiger partial charge in [0.2, 0.25) is 0 Å². The van der Waals surface area contributed by atoms with E-state index >= 15 is 0 Å². The summed E-state index contributed by atoms with van der Waals surface area (Å²) in [4.78, 5) is 12.7. The highest BCUT2D eigenvalue weighted by molar-refractivity contribution is 5.88. The third kappa shape index (κ3) is 6.56. The predicted octanol–water partition coefficient (Wildman–Crippen LogP) is 4.43. The molecule has 0 aliphatic heterocycles. The van der Waals surface area contributed by atoms with E-state index in [2.05, 4.69) is 53.8 Å². The Bertz CT molecular complexity index is 302. The van der Waals surface area contributed by atoms with E-state index in [4.69, 9.17) is 0 Å². The third-order valence-electron chi connectivity index (χ3n) is 3.96. The Kier molecular flexibility index (Phi) is 5.83. The molecule has 19 heavy (non-hydrogen) atoms. The molecule has 0 radical (unpaired) electrons. The van der Waals surface area contributed by atoms with Crippen LogP contribution in [0.3, 0.4) is 0 Å². The number of ketones is 1. The number of hydrogen-bond donors (Lipinski definition) is 1. The molecule has 1 atom stereocenters. The van der Waals surface area contributed by atoms with Crippen LogP contribution in [0.2, 0.25) is 0 Å². The number of hydrogen-bond acceptors (Lipinski definition) is 2. The van der Waals surface area contributed by atoms with Crippen molar-refractivity contribution in [2.24, 2.45) is 16.7 Å². The molecule has 1 unspecified atom stereocenters. The van der Waals surface area contributed by atoms with Gasteiger partial charge < -0.3 is 5.32 Å². The number of carbonyl (C=O) groups excluding carboxylic acids is 1. The second-order valence-electron chi connectivity index (χ2n) is 8.91. The monoisotopic (exact) mass is 269 g/mol. The Morgan fingerprint density at radius 2 is 1.37 bits per heavy atom. The lowest BCUT2D eigenvalue weighted by Gasteiger charge is -2.38. The molecule has 2 heteroatoms. The third-order valence-corrected chi connectivity index (χ3v) is 3.96. The first kappa shape index (κ1) is 18.6. The number of nitrogens with one attached hydrogen (secondary N) is 1. The van der Waals surface area contributed by atoms with Crippen molar-refractivity contribution in [3.63, 3.8) is 0 Å². The lowest BCUT2D eigenvalue weighted by atomic mass is 9.72. The van der Waals surface area contributed by atoms with E-state index < -0.39 is 0 Å². The largest absolute Gasteiger partial charge is 0.303 e. The maximum atomic E-state index is 12.7. The molecule has 0 aromatic carbocycles. The molecule has 0 amide bonds. The molecule has 0 fully saturated rings. The highest BCUT2D eigenvalue weighted by atomic mass is 16.1. The zero-order chi connectivity index (χ0) is 15.6. The lowest BCUT2D eigenvalue weighted by Crippen LogP contribution is -2.52. The molecular formula is C17H35NO. The van der Waals surface area contributed by atoms with Crippen LogP contribution in [-0.2, 0) is 4.79 Å². The molecule has 2 nitrogen and oxygen atoms in total. The van der Waals surface area contributed by atoms with Crippen molar-refractivity contribution < 1.29 is 4.79 Å².